The van der Waals surface area contributed by atoms with Gasteiger partial charge in [-0.3, -0.25) is 4.98 Å². The van der Waals surface area contributed by atoms with Crippen LogP contribution in [-0.2, 0) is 0 Å². The molecule has 3 nitrogen and oxygen atoms in total. The number of nitrogens with one attached hydrogen (secondary N) is 1. The topological polar surface area (TPSA) is 45.1 Å². The van der Waals surface area contributed by atoms with Crippen LogP contribution in [0.4, 0.5) is 5.69 Å². The maximum Gasteiger partial charge on any atom is 0.0830 e. The van der Waals surface area contributed by atoms with E-state index in [1.54, 1.807) is 17.5 Å². The van der Waals surface area contributed by atoms with Crippen LogP contribution in [0.25, 0.3) is 10.2 Å². The molecule has 1 unspecified atom stereocenters. The van der Waals surface area contributed by atoms with Crippen molar-refractivity contribution in [3.8, 4) is 0 Å². The highest BCUT2D eigenvalue weighted by atomic mass is 32.1. The van der Waals surface area contributed by atoms with Crippen molar-refractivity contribution < 1.29 is 5.11 Å². The Labute approximate surface area is 99.1 Å². The molecule has 0 amide bonds. The van der Waals surface area contributed by atoms with Gasteiger partial charge >= 0.3 is 0 Å². The SMILES string of the molecule is CCCC(O)CNc1ccnc2ccsc12. The summed E-state index contributed by atoms with van der Waals surface area (Å²) in [7, 11) is 0. The van der Waals surface area contributed by atoms with Crippen LogP contribution in [-0.4, -0.2) is 22.7 Å². The van der Waals surface area contributed by atoms with E-state index in [2.05, 4.69) is 17.2 Å². The zero-order chi connectivity index (χ0) is 11.4. The molecule has 0 aliphatic carbocycles. The zero-order valence-electron chi connectivity index (χ0n) is 9.31. The molecule has 2 aromatic heterocycles. The van der Waals surface area contributed by atoms with Gasteiger partial charge in [-0.05, 0) is 23.9 Å². The van der Waals surface area contributed by atoms with Gasteiger partial charge in [0.25, 0.3) is 0 Å². The van der Waals surface area contributed by atoms with Crippen LogP contribution in [0.3, 0.4) is 0 Å². The molecule has 0 radical (unpaired) electrons. The second-order valence-corrected chi connectivity index (χ2v) is 4.73. The van der Waals surface area contributed by atoms with Crippen LogP contribution in [0.5, 0.6) is 0 Å². The molecule has 0 saturated carbocycles. The Morgan fingerprint density at radius 1 is 1.50 bits per heavy atom. The van der Waals surface area contributed by atoms with Gasteiger partial charge in [0, 0.05) is 12.7 Å². The van der Waals surface area contributed by atoms with Crippen molar-refractivity contribution in [2.45, 2.75) is 25.9 Å². The van der Waals surface area contributed by atoms with Crippen molar-refractivity contribution in [1.29, 1.82) is 0 Å². The highest BCUT2D eigenvalue weighted by molar-refractivity contribution is 7.17. The second-order valence-electron chi connectivity index (χ2n) is 3.82. The number of anilines is 1. The lowest BCUT2D eigenvalue weighted by molar-refractivity contribution is 0.176. The summed E-state index contributed by atoms with van der Waals surface area (Å²) >= 11 is 1.67. The smallest absolute Gasteiger partial charge is 0.0830 e. The predicted molar refractivity (Wildman–Crippen MR) is 69.0 cm³/mol. The average Bonchev–Trinajstić information content (AvgIpc) is 2.75. The van der Waals surface area contributed by atoms with Gasteiger partial charge in [-0.1, -0.05) is 13.3 Å². The van der Waals surface area contributed by atoms with Crippen molar-refractivity contribution in [2.75, 3.05) is 11.9 Å². The van der Waals surface area contributed by atoms with E-state index < -0.39 is 0 Å². The lowest BCUT2D eigenvalue weighted by atomic mass is 10.2. The van der Waals surface area contributed by atoms with Gasteiger partial charge in [0.05, 0.1) is 22.0 Å². The second kappa shape index (κ2) is 5.27. The van der Waals surface area contributed by atoms with Crippen LogP contribution in [0, 0.1) is 0 Å². The van der Waals surface area contributed by atoms with Crippen LogP contribution in [0.15, 0.2) is 23.7 Å². The largest absolute Gasteiger partial charge is 0.391 e. The number of aliphatic hydroxyl groups excluding tert-OH is 1. The summed E-state index contributed by atoms with van der Waals surface area (Å²) in [5, 5.41) is 15.0. The molecule has 0 aromatic carbocycles. The molecular formula is C12H16N2OS. The Bertz CT molecular complexity index is 455. The Balaban J connectivity index is 2.06. The third kappa shape index (κ3) is 2.51. The Morgan fingerprint density at radius 3 is 3.19 bits per heavy atom. The van der Waals surface area contributed by atoms with E-state index in [0.29, 0.717) is 6.54 Å². The first kappa shape index (κ1) is 11.4. The summed E-state index contributed by atoms with van der Waals surface area (Å²) in [6, 6.07) is 3.96. The number of aromatic nitrogens is 1. The lowest BCUT2D eigenvalue weighted by Crippen LogP contribution is -2.18. The third-order valence-corrected chi connectivity index (χ3v) is 3.43. The molecule has 0 bridgehead atoms. The number of hydrogen-bond acceptors (Lipinski definition) is 4. The maximum atomic E-state index is 9.66. The molecule has 0 saturated heterocycles. The summed E-state index contributed by atoms with van der Waals surface area (Å²) in [6.45, 7) is 2.68. The van der Waals surface area contributed by atoms with Crippen molar-refractivity contribution in [1.82, 2.24) is 4.98 Å². The van der Waals surface area contributed by atoms with Crippen molar-refractivity contribution >= 4 is 27.2 Å². The van der Waals surface area contributed by atoms with E-state index in [1.807, 2.05) is 17.5 Å². The minimum Gasteiger partial charge on any atom is -0.391 e. The molecule has 1 atom stereocenters. The first-order valence-electron chi connectivity index (χ1n) is 5.55. The van der Waals surface area contributed by atoms with E-state index >= 15 is 0 Å². The predicted octanol–water partition coefficient (Wildman–Crippen LogP) is 2.87. The summed E-state index contributed by atoms with van der Waals surface area (Å²) in [6.07, 6.45) is 3.37. The molecule has 2 N–H and O–H groups in total. The molecular weight excluding hydrogens is 220 g/mol. The van der Waals surface area contributed by atoms with Gasteiger partial charge in [-0.15, -0.1) is 11.3 Å². The van der Waals surface area contributed by atoms with Crippen molar-refractivity contribution in [3.05, 3.63) is 23.7 Å². The lowest BCUT2D eigenvalue weighted by Gasteiger charge is -2.12. The number of nitrogens with zero attached hydrogens (tertiary/aromatic N) is 1. The number of fused-ring (bicyclic) bond motifs is 1. The molecule has 0 spiro atoms. The zero-order valence-corrected chi connectivity index (χ0v) is 10.1. The molecule has 2 heterocycles. The summed E-state index contributed by atoms with van der Waals surface area (Å²) < 4.78 is 1.16. The van der Waals surface area contributed by atoms with Crippen LogP contribution in [0.1, 0.15) is 19.8 Å². The van der Waals surface area contributed by atoms with Gasteiger partial charge in [0.1, 0.15) is 0 Å². The minimum atomic E-state index is -0.270. The van der Waals surface area contributed by atoms with Crippen LogP contribution < -0.4 is 5.32 Å². The van der Waals surface area contributed by atoms with Crippen molar-refractivity contribution in [2.24, 2.45) is 0 Å². The van der Waals surface area contributed by atoms with Gasteiger partial charge < -0.3 is 10.4 Å². The third-order valence-electron chi connectivity index (χ3n) is 2.49. The van der Waals surface area contributed by atoms with Crippen LogP contribution in [0.2, 0.25) is 0 Å². The van der Waals surface area contributed by atoms with E-state index in [9.17, 15) is 5.11 Å². The number of rotatable bonds is 5. The fraction of sp³-hybridized carbons (Fsp3) is 0.417. The van der Waals surface area contributed by atoms with E-state index in [0.717, 1.165) is 28.7 Å². The molecule has 16 heavy (non-hydrogen) atoms. The molecule has 4 heteroatoms. The van der Waals surface area contributed by atoms with E-state index in [4.69, 9.17) is 0 Å². The molecule has 0 aliphatic heterocycles. The van der Waals surface area contributed by atoms with Gasteiger partial charge in [-0.25, -0.2) is 0 Å². The Hall–Kier alpha value is -1.13. The van der Waals surface area contributed by atoms with Gasteiger partial charge in [0.15, 0.2) is 0 Å². The summed E-state index contributed by atoms with van der Waals surface area (Å²) in [4.78, 5) is 4.27. The monoisotopic (exact) mass is 236 g/mol. The van der Waals surface area contributed by atoms with E-state index in [1.165, 1.54) is 0 Å². The first-order valence-corrected chi connectivity index (χ1v) is 6.43. The van der Waals surface area contributed by atoms with Crippen LogP contribution >= 0.6 is 11.3 Å². The molecule has 0 aliphatic rings. The quantitative estimate of drug-likeness (QED) is 0.839. The first-order chi connectivity index (χ1) is 7.81. The maximum absolute atomic E-state index is 9.66. The molecule has 86 valence electrons. The number of thiophene rings is 1. The van der Waals surface area contributed by atoms with Gasteiger partial charge in [-0.2, -0.15) is 0 Å². The number of pyridine rings is 1. The normalized spacial score (nSPS) is 12.9. The standard InChI is InChI=1S/C12H16N2OS/c1-2-3-9(15)8-14-10-4-6-13-11-5-7-16-12(10)11/h4-7,9,15H,2-3,8H2,1H3,(H,13,14). The van der Waals surface area contributed by atoms with E-state index in [-0.39, 0.29) is 6.10 Å². The summed E-state index contributed by atoms with van der Waals surface area (Å²) in [5.74, 6) is 0. The fourth-order valence-corrected chi connectivity index (χ4v) is 2.52. The Morgan fingerprint density at radius 2 is 2.38 bits per heavy atom. The number of aliphatic hydroxyl groups is 1. The fourth-order valence-electron chi connectivity index (χ4n) is 1.68. The summed E-state index contributed by atoms with van der Waals surface area (Å²) in [5.41, 5.74) is 2.08. The molecule has 2 rings (SSSR count). The molecule has 0 fully saturated rings. The Kier molecular flexibility index (Phi) is 3.74. The number of hydrogen-bond donors (Lipinski definition) is 2. The minimum absolute atomic E-state index is 0.270. The van der Waals surface area contributed by atoms with Crippen molar-refractivity contribution in [3.63, 3.8) is 0 Å². The highest BCUT2D eigenvalue weighted by Gasteiger charge is 2.05. The van der Waals surface area contributed by atoms with Gasteiger partial charge in [0.2, 0.25) is 0 Å². The molecule has 2 aromatic rings. The average molecular weight is 236 g/mol. The highest BCUT2D eigenvalue weighted by Crippen LogP contribution is 2.26.